The third-order valence-electron chi connectivity index (χ3n) is 4.69. The van der Waals surface area contributed by atoms with Crippen LogP contribution in [0.4, 0.5) is 0 Å². The highest BCUT2D eigenvalue weighted by Gasteiger charge is 2.18. The standard InChI is InChI=1S/C23H22N2O2S3/c1-2-17-8-10-19(11-9-17)23-25-21(14-29-23)16-30(26,27)15-20-13-28-22(24-20)12-18-6-4-3-5-7-18/h3-11,13-14H,2,12,15-16H2,1H3. The van der Waals surface area contributed by atoms with E-state index in [1.807, 2.05) is 53.2 Å². The largest absolute Gasteiger partial charge is 0.245 e. The van der Waals surface area contributed by atoms with Gasteiger partial charge in [0.1, 0.15) is 5.01 Å². The van der Waals surface area contributed by atoms with Crippen LogP contribution in [-0.2, 0) is 34.2 Å². The average Bonchev–Trinajstić information content (AvgIpc) is 3.37. The van der Waals surface area contributed by atoms with E-state index in [1.165, 1.54) is 33.8 Å². The maximum Gasteiger partial charge on any atom is 0.161 e. The zero-order chi connectivity index (χ0) is 21.0. The Morgan fingerprint density at radius 2 is 1.47 bits per heavy atom. The molecule has 0 spiro atoms. The topological polar surface area (TPSA) is 59.9 Å². The number of rotatable bonds is 8. The summed E-state index contributed by atoms with van der Waals surface area (Å²) in [6, 6.07) is 18.3. The zero-order valence-corrected chi connectivity index (χ0v) is 19.1. The minimum atomic E-state index is -3.34. The number of aromatic nitrogens is 2. The summed E-state index contributed by atoms with van der Waals surface area (Å²) in [5.41, 5.74) is 4.66. The van der Waals surface area contributed by atoms with Gasteiger partial charge in [-0.1, -0.05) is 61.5 Å². The zero-order valence-electron chi connectivity index (χ0n) is 16.6. The first-order valence-corrected chi connectivity index (χ1v) is 13.3. The van der Waals surface area contributed by atoms with Crippen LogP contribution in [0.5, 0.6) is 0 Å². The van der Waals surface area contributed by atoms with E-state index in [4.69, 9.17) is 0 Å². The van der Waals surface area contributed by atoms with Gasteiger partial charge < -0.3 is 0 Å². The van der Waals surface area contributed by atoms with E-state index in [0.717, 1.165) is 28.4 Å². The van der Waals surface area contributed by atoms with Crippen molar-refractivity contribution in [1.82, 2.24) is 9.97 Å². The molecule has 0 saturated heterocycles. The van der Waals surface area contributed by atoms with Gasteiger partial charge in [0.25, 0.3) is 0 Å². The molecule has 4 nitrogen and oxygen atoms in total. The maximum absolute atomic E-state index is 12.7. The summed E-state index contributed by atoms with van der Waals surface area (Å²) in [6.45, 7) is 2.12. The lowest BCUT2D eigenvalue weighted by molar-refractivity contribution is 0.593. The fourth-order valence-corrected chi connectivity index (χ4v) is 6.32. The molecule has 2 aromatic heterocycles. The molecule has 7 heteroatoms. The summed E-state index contributed by atoms with van der Waals surface area (Å²) >= 11 is 2.99. The summed E-state index contributed by atoms with van der Waals surface area (Å²) in [5, 5.41) is 5.46. The SMILES string of the molecule is CCc1ccc(-c2nc(CS(=O)(=O)Cc3csc(Cc4ccccc4)n3)cs2)cc1. The number of thiazole rings is 2. The second-order valence-corrected chi connectivity index (χ2v) is 11.0. The van der Waals surface area contributed by atoms with Crippen LogP contribution >= 0.6 is 22.7 Å². The highest BCUT2D eigenvalue weighted by atomic mass is 32.2. The number of nitrogens with zero attached hydrogens (tertiary/aromatic N) is 2. The normalized spacial score (nSPS) is 11.6. The van der Waals surface area contributed by atoms with Gasteiger partial charge >= 0.3 is 0 Å². The van der Waals surface area contributed by atoms with Crippen LogP contribution in [-0.4, -0.2) is 18.4 Å². The Balaban J connectivity index is 1.40. The Kier molecular flexibility index (Phi) is 6.41. The number of sulfone groups is 1. The minimum absolute atomic E-state index is 0.0592. The quantitative estimate of drug-likeness (QED) is 0.351. The first-order valence-electron chi connectivity index (χ1n) is 9.72. The van der Waals surface area contributed by atoms with Crippen molar-refractivity contribution in [2.24, 2.45) is 0 Å². The van der Waals surface area contributed by atoms with Crippen molar-refractivity contribution in [3.8, 4) is 10.6 Å². The molecule has 0 radical (unpaired) electrons. The van der Waals surface area contributed by atoms with Crippen LogP contribution in [0.2, 0.25) is 0 Å². The predicted molar refractivity (Wildman–Crippen MR) is 125 cm³/mol. The van der Waals surface area contributed by atoms with Gasteiger partial charge in [-0.15, -0.1) is 22.7 Å². The lowest BCUT2D eigenvalue weighted by Gasteiger charge is -2.01. The number of benzene rings is 2. The second-order valence-electron chi connectivity index (χ2n) is 7.12. The van der Waals surface area contributed by atoms with E-state index in [9.17, 15) is 8.42 Å². The molecule has 0 aliphatic rings. The van der Waals surface area contributed by atoms with Crippen molar-refractivity contribution in [3.63, 3.8) is 0 Å². The monoisotopic (exact) mass is 454 g/mol. The molecule has 0 unspecified atom stereocenters. The first-order chi connectivity index (χ1) is 14.5. The van der Waals surface area contributed by atoms with Crippen molar-refractivity contribution < 1.29 is 8.42 Å². The van der Waals surface area contributed by atoms with Crippen LogP contribution < -0.4 is 0 Å². The Morgan fingerprint density at radius 1 is 0.800 bits per heavy atom. The molecule has 0 N–H and O–H groups in total. The molecule has 154 valence electrons. The first kappa shape index (κ1) is 20.9. The lowest BCUT2D eigenvalue weighted by Crippen LogP contribution is -2.08. The molecule has 4 aromatic rings. The highest BCUT2D eigenvalue weighted by molar-refractivity contribution is 7.89. The van der Waals surface area contributed by atoms with Crippen LogP contribution in [0.3, 0.4) is 0 Å². The number of aryl methyl sites for hydroxylation is 1. The Morgan fingerprint density at radius 3 is 2.17 bits per heavy atom. The summed E-state index contributed by atoms with van der Waals surface area (Å²) in [5.74, 6) is -0.127. The van der Waals surface area contributed by atoms with Crippen molar-refractivity contribution in [3.05, 3.63) is 92.9 Å². The molecule has 4 rings (SSSR count). The molecule has 0 atom stereocenters. The number of hydrogen-bond acceptors (Lipinski definition) is 6. The predicted octanol–water partition coefficient (Wildman–Crippen LogP) is 5.53. The van der Waals surface area contributed by atoms with Crippen molar-refractivity contribution in [2.75, 3.05) is 0 Å². The van der Waals surface area contributed by atoms with Crippen LogP contribution in [0.1, 0.15) is 34.4 Å². The van der Waals surface area contributed by atoms with Crippen molar-refractivity contribution in [2.45, 2.75) is 31.3 Å². The van der Waals surface area contributed by atoms with Crippen LogP contribution in [0.15, 0.2) is 65.4 Å². The fourth-order valence-electron chi connectivity index (χ4n) is 3.16. The van der Waals surface area contributed by atoms with Crippen LogP contribution in [0.25, 0.3) is 10.6 Å². The highest BCUT2D eigenvalue weighted by Crippen LogP contribution is 2.26. The van der Waals surface area contributed by atoms with Gasteiger partial charge in [-0.05, 0) is 17.5 Å². The molecule has 0 saturated carbocycles. The lowest BCUT2D eigenvalue weighted by atomic mass is 10.1. The summed E-state index contributed by atoms with van der Waals surface area (Å²) in [7, 11) is -3.34. The smallest absolute Gasteiger partial charge is 0.161 e. The maximum atomic E-state index is 12.7. The Bertz CT molecular complexity index is 1210. The molecule has 0 aliphatic heterocycles. The number of hydrogen-bond donors (Lipinski definition) is 0. The molecule has 2 heterocycles. The van der Waals surface area contributed by atoms with Gasteiger partial charge in [-0.3, -0.25) is 0 Å². The third kappa shape index (κ3) is 5.41. The molecular formula is C23H22N2O2S3. The molecule has 30 heavy (non-hydrogen) atoms. The third-order valence-corrected chi connectivity index (χ3v) is 8.00. The average molecular weight is 455 g/mol. The van der Waals surface area contributed by atoms with Gasteiger partial charge in [0, 0.05) is 22.7 Å². The van der Waals surface area contributed by atoms with E-state index in [-0.39, 0.29) is 11.5 Å². The molecule has 2 aromatic carbocycles. The molecule has 0 bridgehead atoms. The van der Waals surface area contributed by atoms with E-state index < -0.39 is 9.84 Å². The fraction of sp³-hybridized carbons (Fsp3) is 0.217. The Hall–Kier alpha value is -2.35. The van der Waals surface area contributed by atoms with E-state index in [2.05, 4.69) is 29.0 Å². The van der Waals surface area contributed by atoms with Gasteiger partial charge in [-0.2, -0.15) is 0 Å². The second kappa shape index (κ2) is 9.20. The van der Waals surface area contributed by atoms with E-state index in [1.54, 1.807) is 0 Å². The molecule has 0 amide bonds. The Labute approximate surface area is 185 Å². The van der Waals surface area contributed by atoms with Gasteiger partial charge in [0.2, 0.25) is 0 Å². The minimum Gasteiger partial charge on any atom is -0.245 e. The van der Waals surface area contributed by atoms with E-state index >= 15 is 0 Å². The summed E-state index contributed by atoms with van der Waals surface area (Å²) in [4.78, 5) is 9.07. The molecule has 0 aliphatic carbocycles. The van der Waals surface area contributed by atoms with Gasteiger partial charge in [-0.25, -0.2) is 18.4 Å². The van der Waals surface area contributed by atoms with Gasteiger partial charge in [0.15, 0.2) is 9.84 Å². The summed E-state index contributed by atoms with van der Waals surface area (Å²) < 4.78 is 25.4. The van der Waals surface area contributed by atoms with Crippen LogP contribution in [0, 0.1) is 0 Å². The molecule has 0 fully saturated rings. The van der Waals surface area contributed by atoms with Gasteiger partial charge in [0.05, 0.1) is 27.9 Å². The summed E-state index contributed by atoms with van der Waals surface area (Å²) in [6.07, 6.45) is 1.71. The van der Waals surface area contributed by atoms with Crippen molar-refractivity contribution in [1.29, 1.82) is 0 Å². The molecular weight excluding hydrogens is 432 g/mol. The van der Waals surface area contributed by atoms with E-state index in [0.29, 0.717) is 11.4 Å². The van der Waals surface area contributed by atoms with Crippen molar-refractivity contribution >= 4 is 32.5 Å².